The van der Waals surface area contributed by atoms with Crippen LogP contribution in [0, 0.1) is 11.3 Å². The van der Waals surface area contributed by atoms with Crippen LogP contribution in [0.5, 0.6) is 0 Å². The SMILES string of the molecule is CCC1(CC(C)C)CNC1. The molecule has 0 aromatic carbocycles. The normalized spacial score (nSPS) is 22.8. The molecule has 1 heterocycles. The Bertz CT molecular complexity index is 97.8. The second-order valence-electron chi connectivity index (χ2n) is 4.06. The van der Waals surface area contributed by atoms with Crippen molar-refractivity contribution in [3.8, 4) is 0 Å². The first-order valence-electron chi connectivity index (χ1n) is 4.39. The number of nitrogens with one attached hydrogen (secondary N) is 1. The van der Waals surface area contributed by atoms with Crippen LogP contribution in [0.2, 0.25) is 0 Å². The highest BCUT2D eigenvalue weighted by molar-refractivity contribution is 4.91. The van der Waals surface area contributed by atoms with E-state index in [1.54, 1.807) is 0 Å². The summed E-state index contributed by atoms with van der Waals surface area (Å²) in [7, 11) is 0. The smallest absolute Gasteiger partial charge is 0.00202 e. The molecule has 1 N–H and O–H groups in total. The number of hydrogen-bond acceptors (Lipinski definition) is 1. The lowest BCUT2D eigenvalue weighted by molar-refractivity contribution is 0.125. The van der Waals surface area contributed by atoms with Crippen LogP contribution in [0.25, 0.3) is 0 Å². The quantitative estimate of drug-likeness (QED) is 0.634. The van der Waals surface area contributed by atoms with Crippen molar-refractivity contribution in [1.82, 2.24) is 5.32 Å². The Morgan fingerprint density at radius 1 is 1.40 bits per heavy atom. The molecule has 1 rings (SSSR count). The summed E-state index contributed by atoms with van der Waals surface area (Å²) in [5, 5.41) is 3.36. The Morgan fingerprint density at radius 3 is 2.10 bits per heavy atom. The van der Waals surface area contributed by atoms with Crippen molar-refractivity contribution in [1.29, 1.82) is 0 Å². The fourth-order valence-corrected chi connectivity index (χ4v) is 1.88. The van der Waals surface area contributed by atoms with E-state index in [1.165, 1.54) is 25.9 Å². The first-order chi connectivity index (χ1) is 4.68. The molecule has 0 bridgehead atoms. The summed E-state index contributed by atoms with van der Waals surface area (Å²) in [5.74, 6) is 0.863. The zero-order valence-electron chi connectivity index (χ0n) is 7.41. The van der Waals surface area contributed by atoms with Crippen LogP contribution in [-0.2, 0) is 0 Å². The molecule has 1 nitrogen and oxygen atoms in total. The third-order valence-corrected chi connectivity index (χ3v) is 2.59. The second kappa shape index (κ2) is 2.91. The molecule has 1 aliphatic rings. The number of hydrogen-bond donors (Lipinski definition) is 1. The minimum Gasteiger partial charge on any atom is -0.316 e. The Hall–Kier alpha value is -0.0400. The second-order valence-corrected chi connectivity index (χ2v) is 4.06. The van der Waals surface area contributed by atoms with Gasteiger partial charge in [-0.1, -0.05) is 20.8 Å². The van der Waals surface area contributed by atoms with E-state index in [2.05, 4.69) is 26.1 Å². The van der Waals surface area contributed by atoms with Crippen LogP contribution in [0.4, 0.5) is 0 Å². The van der Waals surface area contributed by atoms with Crippen molar-refractivity contribution < 1.29 is 0 Å². The van der Waals surface area contributed by atoms with Crippen LogP contribution in [0.1, 0.15) is 33.6 Å². The minimum absolute atomic E-state index is 0.675. The molecule has 0 aliphatic carbocycles. The van der Waals surface area contributed by atoms with E-state index in [4.69, 9.17) is 0 Å². The van der Waals surface area contributed by atoms with Gasteiger partial charge in [0.05, 0.1) is 0 Å². The Balaban J connectivity index is 2.33. The fraction of sp³-hybridized carbons (Fsp3) is 1.00. The van der Waals surface area contributed by atoms with E-state index in [1.807, 2.05) is 0 Å². The lowest BCUT2D eigenvalue weighted by atomic mass is 9.73. The molecule has 0 unspecified atom stereocenters. The monoisotopic (exact) mass is 141 g/mol. The van der Waals surface area contributed by atoms with E-state index in [0.717, 1.165) is 5.92 Å². The molecule has 0 aromatic heterocycles. The summed E-state index contributed by atoms with van der Waals surface area (Å²) in [6.45, 7) is 9.44. The molecule has 0 radical (unpaired) electrons. The van der Waals surface area contributed by atoms with Gasteiger partial charge in [0.25, 0.3) is 0 Å². The fourth-order valence-electron chi connectivity index (χ4n) is 1.88. The van der Waals surface area contributed by atoms with Gasteiger partial charge in [-0.2, -0.15) is 0 Å². The zero-order chi connectivity index (χ0) is 7.61. The van der Waals surface area contributed by atoms with Gasteiger partial charge in [0.15, 0.2) is 0 Å². The minimum atomic E-state index is 0.675. The molecule has 1 saturated heterocycles. The lowest BCUT2D eigenvalue weighted by Crippen LogP contribution is -2.53. The first-order valence-corrected chi connectivity index (χ1v) is 4.39. The summed E-state index contributed by atoms with van der Waals surface area (Å²) >= 11 is 0. The summed E-state index contributed by atoms with van der Waals surface area (Å²) in [6.07, 6.45) is 2.74. The van der Waals surface area contributed by atoms with E-state index in [9.17, 15) is 0 Å². The van der Waals surface area contributed by atoms with Crippen molar-refractivity contribution in [3.05, 3.63) is 0 Å². The van der Waals surface area contributed by atoms with Gasteiger partial charge in [0.2, 0.25) is 0 Å². The molecule has 1 heteroatoms. The van der Waals surface area contributed by atoms with Crippen molar-refractivity contribution in [2.75, 3.05) is 13.1 Å². The largest absolute Gasteiger partial charge is 0.316 e. The summed E-state index contributed by atoms with van der Waals surface area (Å²) < 4.78 is 0. The van der Waals surface area contributed by atoms with Crippen LogP contribution in [-0.4, -0.2) is 13.1 Å². The summed E-state index contributed by atoms with van der Waals surface area (Å²) in [5.41, 5.74) is 0.675. The topological polar surface area (TPSA) is 12.0 Å². The van der Waals surface area contributed by atoms with Crippen LogP contribution >= 0.6 is 0 Å². The first kappa shape index (κ1) is 8.06. The van der Waals surface area contributed by atoms with Crippen molar-refractivity contribution in [3.63, 3.8) is 0 Å². The Kier molecular flexibility index (Phi) is 2.35. The van der Waals surface area contributed by atoms with Crippen LogP contribution in [0.15, 0.2) is 0 Å². The number of rotatable bonds is 3. The molecule has 10 heavy (non-hydrogen) atoms. The van der Waals surface area contributed by atoms with Gasteiger partial charge in [0.1, 0.15) is 0 Å². The van der Waals surface area contributed by atoms with Crippen molar-refractivity contribution in [2.24, 2.45) is 11.3 Å². The van der Waals surface area contributed by atoms with Gasteiger partial charge < -0.3 is 5.32 Å². The van der Waals surface area contributed by atoms with Gasteiger partial charge in [-0.05, 0) is 24.2 Å². The standard InChI is InChI=1S/C9H19N/c1-4-9(5-8(2)3)6-10-7-9/h8,10H,4-7H2,1-3H3. The molecule has 0 aromatic rings. The van der Waals surface area contributed by atoms with E-state index >= 15 is 0 Å². The third-order valence-electron chi connectivity index (χ3n) is 2.59. The van der Waals surface area contributed by atoms with Gasteiger partial charge >= 0.3 is 0 Å². The predicted molar refractivity (Wildman–Crippen MR) is 45.0 cm³/mol. The molecule has 0 saturated carbocycles. The van der Waals surface area contributed by atoms with E-state index in [0.29, 0.717) is 5.41 Å². The maximum atomic E-state index is 3.36. The highest BCUT2D eigenvalue weighted by Gasteiger charge is 2.34. The van der Waals surface area contributed by atoms with Gasteiger partial charge in [0, 0.05) is 13.1 Å². The maximum absolute atomic E-state index is 3.36. The van der Waals surface area contributed by atoms with Crippen LogP contribution in [0.3, 0.4) is 0 Å². The highest BCUT2D eigenvalue weighted by atomic mass is 15.0. The Morgan fingerprint density at radius 2 is 2.00 bits per heavy atom. The molecular weight excluding hydrogens is 122 g/mol. The average Bonchev–Trinajstić information content (AvgIpc) is 1.78. The molecule has 1 fully saturated rings. The van der Waals surface area contributed by atoms with Crippen LogP contribution < -0.4 is 5.32 Å². The zero-order valence-corrected chi connectivity index (χ0v) is 7.41. The maximum Gasteiger partial charge on any atom is 0.00202 e. The van der Waals surface area contributed by atoms with Gasteiger partial charge in [-0.3, -0.25) is 0 Å². The lowest BCUT2D eigenvalue weighted by Gasteiger charge is -2.43. The van der Waals surface area contributed by atoms with E-state index in [-0.39, 0.29) is 0 Å². The predicted octanol–water partition coefficient (Wildman–Crippen LogP) is 2.03. The highest BCUT2D eigenvalue weighted by Crippen LogP contribution is 2.33. The molecule has 0 atom stereocenters. The Labute approximate surface area is 64.2 Å². The molecule has 1 aliphatic heterocycles. The molecule has 60 valence electrons. The molecular formula is C9H19N. The van der Waals surface area contributed by atoms with Crippen molar-refractivity contribution in [2.45, 2.75) is 33.6 Å². The van der Waals surface area contributed by atoms with Crippen molar-refractivity contribution >= 4 is 0 Å². The molecule has 0 amide bonds. The summed E-state index contributed by atoms with van der Waals surface area (Å²) in [4.78, 5) is 0. The van der Waals surface area contributed by atoms with E-state index < -0.39 is 0 Å². The summed E-state index contributed by atoms with van der Waals surface area (Å²) in [6, 6.07) is 0. The van der Waals surface area contributed by atoms with Gasteiger partial charge in [-0.15, -0.1) is 0 Å². The van der Waals surface area contributed by atoms with Gasteiger partial charge in [-0.25, -0.2) is 0 Å². The third kappa shape index (κ3) is 1.51. The average molecular weight is 141 g/mol. The molecule has 0 spiro atoms.